The number of nitrogens with one attached hydrogen (secondary N) is 2. The minimum atomic E-state index is -1.39. The summed E-state index contributed by atoms with van der Waals surface area (Å²) in [6.07, 6.45) is 0. The summed E-state index contributed by atoms with van der Waals surface area (Å²) in [6.45, 7) is 3.43. The first kappa shape index (κ1) is 22.4. The highest BCUT2D eigenvalue weighted by Gasteiger charge is 2.49. The first-order valence-corrected chi connectivity index (χ1v) is 11.1. The molecule has 1 unspecified atom stereocenters. The van der Waals surface area contributed by atoms with Crippen LogP contribution in [0.3, 0.4) is 0 Å². The van der Waals surface area contributed by atoms with Gasteiger partial charge in [-0.05, 0) is 43.7 Å². The number of para-hydroxylation sites is 1. The van der Waals surface area contributed by atoms with Crippen LogP contribution in [-0.2, 0) is 15.1 Å². The number of anilines is 1. The number of benzene rings is 2. The van der Waals surface area contributed by atoms with E-state index < -0.39 is 35.7 Å². The molecule has 4 rings (SSSR count). The average molecular weight is 469 g/mol. The van der Waals surface area contributed by atoms with Crippen molar-refractivity contribution in [1.82, 2.24) is 15.2 Å². The molecule has 0 bridgehead atoms. The molecule has 0 aliphatic carbocycles. The van der Waals surface area contributed by atoms with Gasteiger partial charge in [0.1, 0.15) is 23.7 Å². The van der Waals surface area contributed by atoms with Crippen LogP contribution < -0.4 is 15.4 Å². The Morgan fingerprint density at radius 2 is 1.94 bits per heavy atom. The molecule has 1 aliphatic heterocycles. The van der Waals surface area contributed by atoms with Gasteiger partial charge in [-0.2, -0.15) is 0 Å². The topological polar surface area (TPSA) is 101 Å². The number of urea groups is 1. The monoisotopic (exact) mass is 468 g/mol. The maximum Gasteiger partial charge on any atom is 0.325 e. The highest BCUT2D eigenvalue weighted by atomic mass is 32.1. The summed E-state index contributed by atoms with van der Waals surface area (Å²) in [5.41, 5.74) is 0.462. The van der Waals surface area contributed by atoms with Gasteiger partial charge in [0.15, 0.2) is 5.13 Å². The molecule has 0 saturated carbocycles. The van der Waals surface area contributed by atoms with Gasteiger partial charge in [-0.25, -0.2) is 14.2 Å². The quantitative estimate of drug-likeness (QED) is 0.515. The Bertz CT molecular complexity index is 1210. The van der Waals surface area contributed by atoms with Crippen molar-refractivity contribution in [2.75, 3.05) is 18.5 Å². The molecule has 33 heavy (non-hydrogen) atoms. The van der Waals surface area contributed by atoms with Crippen molar-refractivity contribution >= 4 is 34.3 Å². The zero-order valence-electron chi connectivity index (χ0n) is 17.9. The molecule has 1 atom stereocenters. The number of imide groups is 1. The van der Waals surface area contributed by atoms with E-state index in [0.29, 0.717) is 28.7 Å². The zero-order chi connectivity index (χ0) is 23.6. The molecule has 0 spiro atoms. The summed E-state index contributed by atoms with van der Waals surface area (Å²) < 4.78 is 18.9. The van der Waals surface area contributed by atoms with E-state index in [1.54, 1.807) is 5.38 Å². The molecule has 3 aromatic rings. The Morgan fingerprint density at radius 3 is 2.67 bits per heavy atom. The van der Waals surface area contributed by atoms with Crippen LogP contribution in [-0.4, -0.2) is 40.9 Å². The van der Waals surface area contributed by atoms with Crippen molar-refractivity contribution in [3.8, 4) is 17.0 Å². The third-order valence-corrected chi connectivity index (χ3v) is 5.97. The fourth-order valence-corrected chi connectivity index (χ4v) is 4.26. The van der Waals surface area contributed by atoms with Gasteiger partial charge in [0.2, 0.25) is 5.91 Å². The van der Waals surface area contributed by atoms with Gasteiger partial charge in [-0.15, -0.1) is 11.3 Å². The second-order valence-electron chi connectivity index (χ2n) is 7.47. The van der Waals surface area contributed by atoms with E-state index in [9.17, 15) is 18.8 Å². The average Bonchev–Trinajstić information content (AvgIpc) is 3.33. The third kappa shape index (κ3) is 4.42. The molecular formula is C23H21FN4O4S. The summed E-state index contributed by atoms with van der Waals surface area (Å²) in [5.74, 6) is -0.940. The summed E-state index contributed by atoms with van der Waals surface area (Å²) in [6, 6.07) is 12.0. The summed E-state index contributed by atoms with van der Waals surface area (Å²) in [5, 5.41) is 7.33. The van der Waals surface area contributed by atoms with Gasteiger partial charge in [0, 0.05) is 10.9 Å². The van der Waals surface area contributed by atoms with Crippen LogP contribution in [0.5, 0.6) is 5.75 Å². The summed E-state index contributed by atoms with van der Waals surface area (Å²) >= 11 is 1.22. The SMILES string of the molecule is CCOc1ccccc1-c1csc(NC(=O)CN2C(=O)NC(C)(c3ccc(F)cc3)C2=O)n1. The van der Waals surface area contributed by atoms with Gasteiger partial charge in [0.05, 0.1) is 12.3 Å². The van der Waals surface area contributed by atoms with E-state index in [4.69, 9.17) is 4.74 Å². The normalized spacial score (nSPS) is 17.7. The molecule has 0 radical (unpaired) electrons. The lowest BCUT2D eigenvalue weighted by molar-refractivity contribution is -0.133. The van der Waals surface area contributed by atoms with Gasteiger partial charge in [0.25, 0.3) is 5.91 Å². The minimum absolute atomic E-state index is 0.328. The first-order valence-electron chi connectivity index (χ1n) is 10.2. The summed E-state index contributed by atoms with van der Waals surface area (Å²) in [4.78, 5) is 43.2. The number of rotatable bonds is 7. The van der Waals surface area contributed by atoms with Crippen molar-refractivity contribution in [3.05, 3.63) is 65.3 Å². The number of aromatic nitrogens is 1. The van der Waals surface area contributed by atoms with Gasteiger partial charge >= 0.3 is 6.03 Å². The van der Waals surface area contributed by atoms with E-state index in [-0.39, 0.29) is 0 Å². The van der Waals surface area contributed by atoms with Crippen molar-refractivity contribution < 1.29 is 23.5 Å². The molecule has 2 N–H and O–H groups in total. The molecule has 1 aliphatic rings. The Labute approximate surface area is 193 Å². The van der Waals surface area contributed by atoms with Crippen LogP contribution in [0, 0.1) is 5.82 Å². The predicted octanol–water partition coefficient (Wildman–Crippen LogP) is 3.75. The van der Waals surface area contributed by atoms with Crippen LogP contribution in [0.15, 0.2) is 53.9 Å². The summed E-state index contributed by atoms with van der Waals surface area (Å²) in [7, 11) is 0. The number of carbonyl (C=O) groups is 3. The van der Waals surface area contributed by atoms with E-state index in [0.717, 1.165) is 10.5 Å². The Hall–Kier alpha value is -3.79. The lowest BCUT2D eigenvalue weighted by atomic mass is 9.92. The van der Waals surface area contributed by atoms with Crippen LogP contribution >= 0.6 is 11.3 Å². The second-order valence-corrected chi connectivity index (χ2v) is 8.33. The number of halogens is 1. The zero-order valence-corrected chi connectivity index (χ0v) is 18.7. The molecule has 2 heterocycles. The van der Waals surface area contributed by atoms with Crippen LogP contribution in [0.25, 0.3) is 11.3 Å². The lowest BCUT2D eigenvalue weighted by Gasteiger charge is -2.22. The van der Waals surface area contributed by atoms with Crippen molar-refractivity contribution in [2.45, 2.75) is 19.4 Å². The molecule has 4 amide bonds. The number of nitrogens with zero attached hydrogens (tertiary/aromatic N) is 2. The smallest absolute Gasteiger partial charge is 0.325 e. The van der Waals surface area contributed by atoms with Crippen LogP contribution in [0.2, 0.25) is 0 Å². The molecule has 10 heteroatoms. The Morgan fingerprint density at radius 1 is 1.21 bits per heavy atom. The van der Waals surface area contributed by atoms with Gasteiger partial charge in [-0.1, -0.05) is 24.3 Å². The highest BCUT2D eigenvalue weighted by molar-refractivity contribution is 7.14. The third-order valence-electron chi connectivity index (χ3n) is 5.21. The van der Waals surface area contributed by atoms with Crippen LogP contribution in [0.4, 0.5) is 14.3 Å². The molecule has 2 aromatic carbocycles. The Balaban J connectivity index is 1.45. The lowest BCUT2D eigenvalue weighted by Crippen LogP contribution is -2.42. The maximum atomic E-state index is 13.3. The standard InChI is InChI=1S/C23H21FN4O4S/c1-3-32-18-7-5-4-6-16(18)17-13-33-21(25-17)26-19(29)12-28-20(30)23(2,27-22(28)31)14-8-10-15(24)11-9-14/h4-11,13H,3,12H2,1-2H3,(H,27,31)(H,25,26,29). The van der Waals surface area contributed by atoms with Crippen molar-refractivity contribution in [2.24, 2.45) is 0 Å². The largest absolute Gasteiger partial charge is 0.493 e. The Kier molecular flexibility index (Phi) is 6.10. The minimum Gasteiger partial charge on any atom is -0.493 e. The number of hydrogen-bond acceptors (Lipinski definition) is 6. The highest BCUT2D eigenvalue weighted by Crippen LogP contribution is 2.32. The van der Waals surface area contributed by atoms with E-state index in [1.807, 2.05) is 31.2 Å². The van der Waals surface area contributed by atoms with E-state index >= 15 is 0 Å². The number of thiazole rings is 1. The van der Waals surface area contributed by atoms with E-state index in [1.165, 1.54) is 42.5 Å². The number of amides is 4. The van der Waals surface area contributed by atoms with Gasteiger partial charge < -0.3 is 15.4 Å². The first-order chi connectivity index (χ1) is 15.8. The number of hydrogen-bond donors (Lipinski definition) is 2. The predicted molar refractivity (Wildman–Crippen MR) is 121 cm³/mol. The van der Waals surface area contributed by atoms with Crippen LogP contribution in [0.1, 0.15) is 19.4 Å². The molecule has 170 valence electrons. The van der Waals surface area contributed by atoms with Crippen molar-refractivity contribution in [3.63, 3.8) is 0 Å². The second kappa shape index (κ2) is 8.99. The molecule has 1 aromatic heterocycles. The molecule has 1 fully saturated rings. The molecular weight excluding hydrogens is 447 g/mol. The number of ether oxygens (including phenoxy) is 1. The van der Waals surface area contributed by atoms with Crippen molar-refractivity contribution in [1.29, 1.82) is 0 Å². The number of carbonyl (C=O) groups excluding carboxylic acids is 3. The van der Waals surface area contributed by atoms with E-state index in [2.05, 4.69) is 15.6 Å². The molecule has 1 saturated heterocycles. The fourth-order valence-electron chi connectivity index (χ4n) is 3.54. The maximum absolute atomic E-state index is 13.3. The van der Waals surface area contributed by atoms with Gasteiger partial charge in [-0.3, -0.25) is 14.5 Å². The molecule has 8 nitrogen and oxygen atoms in total. The fraction of sp³-hybridized carbons (Fsp3) is 0.217.